The number of nitrogens with two attached hydrogens (primary N) is 1. The fourth-order valence-electron chi connectivity index (χ4n) is 1.97. The summed E-state index contributed by atoms with van der Waals surface area (Å²) in [6, 6.07) is 13.1. The van der Waals surface area contributed by atoms with E-state index in [4.69, 9.17) is 22.7 Å². The van der Waals surface area contributed by atoms with Crippen LogP contribution >= 0.6 is 12.2 Å². The molecule has 0 saturated carbocycles. The molecule has 1 heterocycles. The Morgan fingerprint density at radius 2 is 1.86 bits per heavy atom. The van der Waals surface area contributed by atoms with Crippen LogP contribution < -0.4 is 15.8 Å². The largest absolute Gasteiger partial charge is 0.497 e. The molecule has 0 unspecified atom stereocenters. The third kappa shape index (κ3) is 2.77. The topological polar surface area (TPSA) is 78.0 Å². The van der Waals surface area contributed by atoms with Crippen molar-refractivity contribution in [2.75, 3.05) is 12.4 Å². The van der Waals surface area contributed by atoms with Crippen molar-refractivity contribution in [1.82, 2.24) is 15.0 Å². The van der Waals surface area contributed by atoms with E-state index in [2.05, 4.69) is 15.5 Å². The second-order valence-corrected chi connectivity index (χ2v) is 4.82. The molecular weight excluding hydrogens is 286 g/mol. The van der Waals surface area contributed by atoms with Gasteiger partial charge in [-0.3, -0.25) is 0 Å². The summed E-state index contributed by atoms with van der Waals surface area (Å²) < 4.78 is 5.13. The monoisotopic (exact) mass is 299 g/mol. The lowest BCUT2D eigenvalue weighted by molar-refractivity contribution is 0.414. The second kappa shape index (κ2) is 5.37. The number of benzene rings is 2. The molecule has 3 N–H and O–H groups in total. The van der Waals surface area contributed by atoms with Crippen LogP contribution in [0, 0.1) is 0 Å². The summed E-state index contributed by atoms with van der Waals surface area (Å²) in [4.78, 5) is 1.58. The lowest BCUT2D eigenvalue weighted by Gasteiger charge is -2.01. The standard InChI is InChI=1S/C14H13N5OS/c1-20-11-5-3-10(4-6-11)19-17-12-7-2-9(16-14(15)21)8-13(12)18-19/h2-8H,1H3,(H3,15,16,21). The number of thiocarbonyl (C=S) groups is 1. The fraction of sp³-hybridized carbons (Fsp3) is 0.0714. The molecule has 0 aliphatic heterocycles. The van der Waals surface area contributed by atoms with Crippen molar-refractivity contribution in [3.8, 4) is 11.4 Å². The van der Waals surface area contributed by atoms with Gasteiger partial charge in [0.25, 0.3) is 0 Å². The number of aromatic nitrogens is 3. The highest BCUT2D eigenvalue weighted by molar-refractivity contribution is 7.80. The molecule has 0 aliphatic carbocycles. The first kappa shape index (κ1) is 13.3. The first-order valence-corrected chi connectivity index (χ1v) is 6.64. The molecule has 7 heteroatoms. The third-order valence-corrected chi connectivity index (χ3v) is 3.05. The molecule has 1 aromatic heterocycles. The first-order chi connectivity index (χ1) is 10.2. The predicted molar refractivity (Wildman–Crippen MR) is 85.8 cm³/mol. The number of methoxy groups -OCH3 is 1. The van der Waals surface area contributed by atoms with Crippen LogP contribution in [-0.2, 0) is 0 Å². The van der Waals surface area contributed by atoms with E-state index in [9.17, 15) is 0 Å². The van der Waals surface area contributed by atoms with E-state index in [0.717, 1.165) is 28.2 Å². The van der Waals surface area contributed by atoms with Crippen molar-refractivity contribution in [2.45, 2.75) is 0 Å². The molecule has 2 aromatic carbocycles. The molecule has 0 saturated heterocycles. The van der Waals surface area contributed by atoms with Crippen molar-refractivity contribution in [3.63, 3.8) is 0 Å². The van der Waals surface area contributed by atoms with Crippen LogP contribution in [0.1, 0.15) is 0 Å². The van der Waals surface area contributed by atoms with Crippen molar-refractivity contribution < 1.29 is 4.74 Å². The van der Waals surface area contributed by atoms with Gasteiger partial charge in [-0.1, -0.05) is 0 Å². The van der Waals surface area contributed by atoms with Gasteiger partial charge in [0, 0.05) is 5.69 Å². The van der Waals surface area contributed by atoms with Gasteiger partial charge in [0.2, 0.25) is 0 Å². The van der Waals surface area contributed by atoms with Crippen LogP contribution in [0.15, 0.2) is 42.5 Å². The number of rotatable bonds is 3. The van der Waals surface area contributed by atoms with Crippen LogP contribution in [0.4, 0.5) is 5.69 Å². The van der Waals surface area contributed by atoms with E-state index in [-0.39, 0.29) is 5.11 Å². The summed E-state index contributed by atoms with van der Waals surface area (Å²) in [6.45, 7) is 0. The Balaban J connectivity index is 1.97. The van der Waals surface area contributed by atoms with Crippen molar-refractivity contribution in [1.29, 1.82) is 0 Å². The number of ether oxygens (including phenoxy) is 1. The summed E-state index contributed by atoms with van der Waals surface area (Å²) in [5.41, 5.74) is 8.65. The molecule has 21 heavy (non-hydrogen) atoms. The third-order valence-electron chi connectivity index (χ3n) is 2.95. The second-order valence-electron chi connectivity index (χ2n) is 4.38. The zero-order valence-corrected chi connectivity index (χ0v) is 12.1. The first-order valence-electron chi connectivity index (χ1n) is 6.24. The number of nitrogens with zero attached hydrogens (tertiary/aromatic N) is 3. The van der Waals surface area contributed by atoms with Crippen molar-refractivity contribution in [3.05, 3.63) is 42.5 Å². The molecular formula is C14H13N5OS. The van der Waals surface area contributed by atoms with Crippen LogP contribution in [0.5, 0.6) is 5.75 Å². The van der Waals surface area contributed by atoms with E-state index in [1.807, 2.05) is 42.5 Å². The highest BCUT2D eigenvalue weighted by Crippen LogP contribution is 2.18. The number of nitrogens with one attached hydrogen (secondary N) is 1. The molecule has 0 radical (unpaired) electrons. The lowest BCUT2D eigenvalue weighted by Crippen LogP contribution is -2.18. The van der Waals surface area contributed by atoms with E-state index in [1.165, 1.54) is 0 Å². The Bertz CT molecular complexity index is 797. The van der Waals surface area contributed by atoms with Gasteiger partial charge in [-0.2, -0.15) is 4.80 Å². The molecule has 0 atom stereocenters. The minimum atomic E-state index is 0.219. The van der Waals surface area contributed by atoms with Gasteiger partial charge >= 0.3 is 0 Å². The molecule has 3 aromatic rings. The maximum absolute atomic E-state index is 5.46. The van der Waals surface area contributed by atoms with Gasteiger partial charge in [-0.05, 0) is 54.7 Å². The summed E-state index contributed by atoms with van der Waals surface area (Å²) in [5, 5.41) is 12.0. The average Bonchev–Trinajstić information content (AvgIpc) is 2.90. The van der Waals surface area contributed by atoms with E-state index < -0.39 is 0 Å². The van der Waals surface area contributed by atoms with Crippen LogP contribution in [0.25, 0.3) is 16.7 Å². The Morgan fingerprint density at radius 3 is 2.52 bits per heavy atom. The Labute approximate surface area is 126 Å². The summed E-state index contributed by atoms with van der Waals surface area (Å²) in [7, 11) is 1.63. The van der Waals surface area contributed by atoms with Gasteiger partial charge in [-0.25, -0.2) is 0 Å². The normalized spacial score (nSPS) is 10.5. The van der Waals surface area contributed by atoms with Gasteiger partial charge in [-0.15, -0.1) is 10.2 Å². The van der Waals surface area contributed by atoms with Gasteiger partial charge in [0.1, 0.15) is 16.8 Å². The molecule has 106 valence electrons. The number of anilines is 1. The van der Waals surface area contributed by atoms with Crippen molar-refractivity contribution >= 4 is 34.1 Å². The molecule has 0 bridgehead atoms. The minimum absolute atomic E-state index is 0.219. The SMILES string of the molecule is COc1ccc(-n2nc3ccc(NC(N)=S)cc3n2)cc1. The number of hydrogen-bond donors (Lipinski definition) is 2. The Kier molecular flexibility index (Phi) is 3.41. The summed E-state index contributed by atoms with van der Waals surface area (Å²) in [5.74, 6) is 0.790. The zero-order valence-electron chi connectivity index (χ0n) is 11.3. The van der Waals surface area contributed by atoms with Crippen molar-refractivity contribution in [2.24, 2.45) is 5.73 Å². The van der Waals surface area contributed by atoms with E-state index in [0.29, 0.717) is 0 Å². The van der Waals surface area contributed by atoms with Gasteiger partial charge < -0.3 is 15.8 Å². The van der Waals surface area contributed by atoms with E-state index in [1.54, 1.807) is 11.9 Å². The van der Waals surface area contributed by atoms with Gasteiger partial charge in [0.15, 0.2) is 5.11 Å². The number of hydrogen-bond acceptors (Lipinski definition) is 4. The van der Waals surface area contributed by atoms with Crippen LogP contribution in [0.3, 0.4) is 0 Å². The van der Waals surface area contributed by atoms with Crippen LogP contribution in [-0.4, -0.2) is 27.2 Å². The molecule has 0 spiro atoms. The van der Waals surface area contributed by atoms with E-state index >= 15 is 0 Å². The Morgan fingerprint density at radius 1 is 1.14 bits per heavy atom. The maximum atomic E-state index is 5.46. The molecule has 0 amide bonds. The highest BCUT2D eigenvalue weighted by atomic mass is 32.1. The molecule has 3 rings (SSSR count). The molecule has 6 nitrogen and oxygen atoms in total. The smallest absolute Gasteiger partial charge is 0.168 e. The lowest BCUT2D eigenvalue weighted by atomic mass is 10.3. The summed E-state index contributed by atoms with van der Waals surface area (Å²) in [6.07, 6.45) is 0. The molecule has 0 fully saturated rings. The minimum Gasteiger partial charge on any atom is -0.497 e. The van der Waals surface area contributed by atoms with Crippen LogP contribution in [0.2, 0.25) is 0 Å². The Hall–Kier alpha value is -2.67. The fourth-order valence-corrected chi connectivity index (χ4v) is 2.08. The summed E-state index contributed by atoms with van der Waals surface area (Å²) >= 11 is 4.82. The maximum Gasteiger partial charge on any atom is 0.168 e. The quantitative estimate of drug-likeness (QED) is 0.721. The number of fused-ring (bicyclic) bond motifs is 1. The average molecular weight is 299 g/mol. The highest BCUT2D eigenvalue weighted by Gasteiger charge is 2.06. The predicted octanol–water partition coefficient (Wildman–Crippen LogP) is 2.08. The molecule has 0 aliphatic rings. The van der Waals surface area contributed by atoms with Gasteiger partial charge in [0.05, 0.1) is 12.8 Å². The zero-order chi connectivity index (χ0) is 14.8.